The third-order valence-electron chi connectivity index (χ3n) is 7.29. The Balaban J connectivity index is 1.68. The summed E-state index contributed by atoms with van der Waals surface area (Å²) in [7, 11) is 3.05. The molecule has 8 heteroatoms. The first-order valence-corrected chi connectivity index (χ1v) is 12.3. The summed E-state index contributed by atoms with van der Waals surface area (Å²) in [4.78, 5) is 17.4. The van der Waals surface area contributed by atoms with Crippen molar-refractivity contribution in [2.24, 2.45) is 13.0 Å². The van der Waals surface area contributed by atoms with E-state index in [0.29, 0.717) is 30.0 Å². The van der Waals surface area contributed by atoms with Crippen LogP contribution in [0.5, 0.6) is 0 Å². The topological polar surface area (TPSA) is 84.1 Å². The summed E-state index contributed by atoms with van der Waals surface area (Å²) in [5, 5.41) is 8.85. The summed E-state index contributed by atoms with van der Waals surface area (Å²) in [6.45, 7) is -1.09. The van der Waals surface area contributed by atoms with Gasteiger partial charge in [0.1, 0.15) is 0 Å². The molecule has 0 aliphatic carbocycles. The summed E-state index contributed by atoms with van der Waals surface area (Å²) in [6.07, 6.45) is 3.42. The second kappa shape index (κ2) is 9.44. The van der Waals surface area contributed by atoms with E-state index in [9.17, 15) is 4.79 Å². The van der Waals surface area contributed by atoms with Crippen molar-refractivity contribution in [2.75, 3.05) is 20.3 Å². The van der Waals surface area contributed by atoms with Crippen LogP contribution < -0.4 is 0 Å². The highest BCUT2D eigenvalue weighted by atomic mass is 16.5. The Morgan fingerprint density at radius 1 is 1.14 bits per heavy atom. The van der Waals surface area contributed by atoms with E-state index in [4.69, 9.17) is 18.6 Å². The van der Waals surface area contributed by atoms with E-state index in [1.807, 2.05) is 36.4 Å². The van der Waals surface area contributed by atoms with E-state index in [2.05, 4.69) is 27.0 Å². The number of carbonyl (C=O) groups excluding carboxylic acids is 1. The fraction of sp³-hybridized carbons (Fsp3) is 0.310. The van der Waals surface area contributed by atoms with Gasteiger partial charge in [-0.05, 0) is 55.4 Å². The number of methoxy groups -OCH3 is 1. The maximum Gasteiger partial charge on any atom is 0.337 e. The summed E-state index contributed by atoms with van der Waals surface area (Å²) in [5.74, 6) is -0.158. The van der Waals surface area contributed by atoms with Gasteiger partial charge in [0, 0.05) is 41.5 Å². The minimum atomic E-state index is -2.44. The molecule has 4 heterocycles. The molecule has 3 aromatic heterocycles. The van der Waals surface area contributed by atoms with Crippen LogP contribution >= 0.6 is 0 Å². The fourth-order valence-corrected chi connectivity index (χ4v) is 5.57. The van der Waals surface area contributed by atoms with Gasteiger partial charge in [0.25, 0.3) is 0 Å². The number of ether oxygens (including phenoxy) is 2. The normalized spacial score (nSPS) is 16.9. The zero-order chi connectivity index (χ0) is 28.0. The molecular weight excluding hydrogens is 466 g/mol. The van der Waals surface area contributed by atoms with E-state index in [1.165, 1.54) is 11.8 Å². The molecule has 0 bridgehead atoms. The van der Waals surface area contributed by atoms with Gasteiger partial charge in [0.2, 0.25) is 0 Å². The number of hydrogen-bond donors (Lipinski definition) is 0. The van der Waals surface area contributed by atoms with Crippen molar-refractivity contribution in [3.8, 4) is 11.3 Å². The van der Waals surface area contributed by atoms with E-state index >= 15 is 0 Å². The van der Waals surface area contributed by atoms with Crippen LogP contribution in [0.15, 0.2) is 60.8 Å². The quantitative estimate of drug-likeness (QED) is 0.314. The smallest absolute Gasteiger partial charge is 0.337 e. The number of aryl methyl sites for hydroxylation is 2. The molecule has 1 fully saturated rings. The highest BCUT2D eigenvalue weighted by Crippen LogP contribution is 2.41. The molecule has 1 saturated heterocycles. The number of fused-ring (bicyclic) bond motifs is 3. The number of aromatic nitrogens is 5. The van der Waals surface area contributed by atoms with E-state index in [1.54, 1.807) is 19.3 Å². The van der Waals surface area contributed by atoms with Gasteiger partial charge in [0.05, 0.1) is 46.7 Å². The standard InChI is InChI=1S/C29H29N5O3/c1-18-27(33(2)32-31-18)22-16-25-26(30-17-22)23-10-9-21(29(35)36-3)15-24(23)34(25)28(19-7-5-4-6-8-19)20-11-13-37-14-12-20/h4-10,15-17,20,28H,11-14H2,1-3H3/t28-/m1/s1/i1D3. The van der Waals surface area contributed by atoms with Crippen LogP contribution in [0.25, 0.3) is 33.2 Å². The molecule has 1 aliphatic rings. The number of pyridine rings is 1. The largest absolute Gasteiger partial charge is 0.465 e. The van der Waals surface area contributed by atoms with Gasteiger partial charge in [-0.2, -0.15) is 0 Å². The van der Waals surface area contributed by atoms with Gasteiger partial charge in [-0.1, -0.05) is 35.5 Å². The van der Waals surface area contributed by atoms with Crippen LogP contribution in [0.4, 0.5) is 0 Å². The number of hydrogen-bond acceptors (Lipinski definition) is 6. The first-order valence-electron chi connectivity index (χ1n) is 13.8. The lowest BCUT2D eigenvalue weighted by Crippen LogP contribution is -2.27. The highest BCUT2D eigenvalue weighted by Gasteiger charge is 2.30. The highest BCUT2D eigenvalue weighted by molar-refractivity contribution is 6.08. The van der Waals surface area contributed by atoms with Crippen molar-refractivity contribution in [2.45, 2.75) is 25.7 Å². The molecule has 8 nitrogen and oxygen atoms in total. The van der Waals surface area contributed by atoms with E-state index in [0.717, 1.165) is 40.3 Å². The van der Waals surface area contributed by atoms with Crippen molar-refractivity contribution >= 4 is 27.9 Å². The third-order valence-corrected chi connectivity index (χ3v) is 7.29. The lowest BCUT2D eigenvalue weighted by molar-refractivity contribution is 0.0553. The van der Waals surface area contributed by atoms with Crippen molar-refractivity contribution in [3.63, 3.8) is 0 Å². The number of benzene rings is 2. The average Bonchev–Trinajstić information content (AvgIpc) is 3.51. The van der Waals surface area contributed by atoms with E-state index < -0.39 is 12.8 Å². The van der Waals surface area contributed by atoms with Crippen molar-refractivity contribution in [1.82, 2.24) is 24.5 Å². The molecule has 0 spiro atoms. The first kappa shape index (κ1) is 20.1. The molecule has 6 rings (SSSR count). The molecule has 37 heavy (non-hydrogen) atoms. The van der Waals surface area contributed by atoms with Crippen molar-refractivity contribution in [3.05, 3.63) is 77.6 Å². The molecule has 2 aromatic carbocycles. The lowest BCUT2D eigenvalue weighted by Gasteiger charge is -2.33. The molecule has 188 valence electrons. The predicted molar refractivity (Wildman–Crippen MR) is 141 cm³/mol. The fourth-order valence-electron chi connectivity index (χ4n) is 5.57. The Morgan fingerprint density at radius 2 is 1.95 bits per heavy atom. The minimum Gasteiger partial charge on any atom is -0.465 e. The van der Waals surface area contributed by atoms with Gasteiger partial charge in [-0.3, -0.25) is 4.98 Å². The molecule has 0 saturated carbocycles. The van der Waals surface area contributed by atoms with Gasteiger partial charge >= 0.3 is 5.97 Å². The molecule has 0 radical (unpaired) electrons. The van der Waals surface area contributed by atoms with Gasteiger partial charge < -0.3 is 14.0 Å². The zero-order valence-corrected chi connectivity index (χ0v) is 20.7. The van der Waals surface area contributed by atoms with Gasteiger partial charge in [-0.25, -0.2) is 9.48 Å². The SMILES string of the molecule is [2H]C([2H])([2H])c1nnn(C)c1-c1cnc2c3ccc(C(=O)OC)cc3n([C@H](c3ccccc3)C3CCOCC3)c2c1. The Bertz CT molecular complexity index is 1710. The number of carbonyl (C=O) groups is 1. The van der Waals surface area contributed by atoms with Crippen LogP contribution in [0.1, 0.15) is 44.6 Å². The Hall–Kier alpha value is -4.04. The number of nitrogens with zero attached hydrogens (tertiary/aromatic N) is 5. The third kappa shape index (κ3) is 3.97. The van der Waals surface area contributed by atoms with Crippen molar-refractivity contribution < 1.29 is 18.4 Å². The van der Waals surface area contributed by atoms with Gasteiger partial charge in [-0.15, -0.1) is 5.10 Å². The van der Waals surface area contributed by atoms with Crippen LogP contribution in [0.3, 0.4) is 0 Å². The minimum absolute atomic E-state index is 0.0733. The molecule has 1 aliphatic heterocycles. The van der Waals surface area contributed by atoms with Gasteiger partial charge in [0.15, 0.2) is 0 Å². The van der Waals surface area contributed by atoms with Crippen LogP contribution in [0, 0.1) is 12.8 Å². The molecule has 0 unspecified atom stereocenters. The number of esters is 1. The van der Waals surface area contributed by atoms with E-state index in [-0.39, 0.29) is 17.7 Å². The Morgan fingerprint density at radius 3 is 2.70 bits per heavy atom. The number of rotatable bonds is 5. The first-order chi connectivity index (χ1) is 19.3. The maximum absolute atomic E-state index is 12.6. The predicted octanol–water partition coefficient (Wildman–Crippen LogP) is 5.10. The molecular formula is C29H29N5O3. The van der Waals surface area contributed by atoms with Crippen LogP contribution in [-0.2, 0) is 16.5 Å². The maximum atomic E-state index is 12.6. The van der Waals surface area contributed by atoms with Crippen molar-refractivity contribution in [1.29, 1.82) is 0 Å². The zero-order valence-electron chi connectivity index (χ0n) is 23.7. The van der Waals surface area contributed by atoms with Crippen LogP contribution in [-0.4, -0.2) is 50.8 Å². The average molecular weight is 499 g/mol. The summed E-state index contributed by atoms with van der Waals surface area (Å²) < 4.78 is 38.5. The summed E-state index contributed by atoms with van der Waals surface area (Å²) >= 11 is 0. The Labute approximate surface area is 219 Å². The second-order valence-electron chi connectivity index (χ2n) is 9.40. The second-order valence-corrected chi connectivity index (χ2v) is 9.40. The van der Waals surface area contributed by atoms with Crippen LogP contribution in [0.2, 0.25) is 0 Å². The Kier molecular flexibility index (Phi) is 5.12. The summed E-state index contributed by atoms with van der Waals surface area (Å²) in [5.41, 5.74) is 4.93. The molecule has 1 atom stereocenters. The lowest BCUT2D eigenvalue weighted by atomic mass is 9.86. The molecule has 0 N–H and O–H groups in total. The summed E-state index contributed by atoms with van der Waals surface area (Å²) in [6, 6.07) is 17.7. The molecule has 5 aromatic rings. The monoisotopic (exact) mass is 498 g/mol. The molecule has 0 amide bonds.